The number of nitrogens with one attached hydrogen (secondary N) is 2. The third-order valence-electron chi connectivity index (χ3n) is 7.95. The zero-order valence-electron chi connectivity index (χ0n) is 23.4. The number of H-pyrrole nitrogens is 1. The second kappa shape index (κ2) is 11.8. The molecule has 1 aromatic carbocycles. The van der Waals surface area contributed by atoms with Gasteiger partial charge in [0.25, 0.3) is 11.7 Å². The van der Waals surface area contributed by atoms with Crippen LogP contribution in [0.25, 0.3) is 11.3 Å². The summed E-state index contributed by atoms with van der Waals surface area (Å²) in [5, 5.41) is 5.01. The minimum Gasteiger partial charge on any atom is -0.349 e. The standard InChI is InChI=1S/C31H34FN7OS/c1-21-17-24(30(40)34-20-26-6-4-16-41-26)19-33-29(21)38-14-12-37(13-15-38)28-18-27(23-7-9-25(32)10-8-23)35-31(36-28)39-11-3-5-22(39)2/h4,6-10,16-19,22H,3,5,11-15,20H2,1-2H3,(H,34,40)/p+1. The van der Waals surface area contributed by atoms with E-state index in [0.717, 1.165) is 84.8 Å². The third kappa shape index (κ3) is 6.02. The van der Waals surface area contributed by atoms with Crippen LogP contribution in [0.1, 0.15) is 40.6 Å². The monoisotopic (exact) mass is 572 g/mol. The number of carbonyl (C=O) groups excluding carboxylic acids is 1. The summed E-state index contributed by atoms with van der Waals surface area (Å²) in [7, 11) is 0. The quantitative estimate of drug-likeness (QED) is 0.346. The van der Waals surface area contributed by atoms with Crippen LogP contribution in [0.4, 0.5) is 22.0 Å². The van der Waals surface area contributed by atoms with Crippen molar-refractivity contribution in [3.8, 4) is 11.3 Å². The van der Waals surface area contributed by atoms with Gasteiger partial charge >= 0.3 is 0 Å². The lowest BCUT2D eigenvalue weighted by Crippen LogP contribution is -2.48. The number of carbonyl (C=O) groups is 1. The number of aromatic nitrogens is 3. The molecule has 0 spiro atoms. The molecule has 2 N–H and O–H groups in total. The number of aromatic amines is 1. The molecule has 1 atom stereocenters. The summed E-state index contributed by atoms with van der Waals surface area (Å²) in [6.07, 6.45) is 4.05. The number of hydrogen-bond acceptors (Lipinski definition) is 7. The average molecular weight is 573 g/mol. The molecule has 0 saturated carbocycles. The number of rotatable bonds is 7. The minimum absolute atomic E-state index is 0.0852. The van der Waals surface area contributed by atoms with E-state index in [1.54, 1.807) is 29.7 Å². The Bertz CT molecular complexity index is 1500. The number of benzene rings is 1. The van der Waals surface area contributed by atoms with Crippen molar-refractivity contribution in [1.82, 2.24) is 15.3 Å². The van der Waals surface area contributed by atoms with Crippen LogP contribution in [0.15, 0.2) is 60.1 Å². The first-order chi connectivity index (χ1) is 19.9. The molecule has 2 aliphatic rings. The van der Waals surface area contributed by atoms with E-state index in [0.29, 0.717) is 18.2 Å². The zero-order valence-corrected chi connectivity index (χ0v) is 24.3. The van der Waals surface area contributed by atoms with Gasteiger partial charge in [-0.1, -0.05) is 6.07 Å². The lowest BCUT2D eigenvalue weighted by atomic mass is 10.1. The second-order valence-corrected chi connectivity index (χ2v) is 11.8. The van der Waals surface area contributed by atoms with Crippen molar-refractivity contribution < 1.29 is 14.2 Å². The van der Waals surface area contributed by atoms with E-state index in [2.05, 4.69) is 31.9 Å². The van der Waals surface area contributed by atoms with E-state index in [9.17, 15) is 9.18 Å². The fraction of sp³-hybridized carbons (Fsp3) is 0.355. The van der Waals surface area contributed by atoms with Crippen molar-refractivity contribution >= 4 is 34.8 Å². The molecule has 5 heterocycles. The van der Waals surface area contributed by atoms with Crippen LogP contribution in [0.5, 0.6) is 0 Å². The van der Waals surface area contributed by atoms with Crippen LogP contribution in [0.3, 0.4) is 0 Å². The SMILES string of the molecule is Cc1cc(C(=O)NCc2cccs2)c[nH+]c1N1CCN(c2cc(-c3ccc(F)cc3)nc(N3CCCC3C)n2)CC1. The first-order valence-corrected chi connectivity index (χ1v) is 15.1. The summed E-state index contributed by atoms with van der Waals surface area (Å²) < 4.78 is 13.6. The highest BCUT2D eigenvalue weighted by molar-refractivity contribution is 7.09. The maximum atomic E-state index is 13.6. The van der Waals surface area contributed by atoms with Gasteiger partial charge in [-0.3, -0.25) is 9.69 Å². The average Bonchev–Trinajstić information content (AvgIpc) is 3.68. The van der Waals surface area contributed by atoms with Gasteiger partial charge in [-0.05, 0) is 68.5 Å². The molecule has 0 bridgehead atoms. The molecule has 6 rings (SSSR count). The Balaban J connectivity index is 1.16. The van der Waals surface area contributed by atoms with E-state index in [-0.39, 0.29) is 11.7 Å². The van der Waals surface area contributed by atoms with Gasteiger partial charge in [-0.15, -0.1) is 11.3 Å². The van der Waals surface area contributed by atoms with Gasteiger partial charge < -0.3 is 15.1 Å². The largest absolute Gasteiger partial charge is 0.349 e. The summed E-state index contributed by atoms with van der Waals surface area (Å²) >= 11 is 1.63. The number of amides is 1. The van der Waals surface area contributed by atoms with Crippen LogP contribution in [0, 0.1) is 12.7 Å². The first-order valence-electron chi connectivity index (χ1n) is 14.2. The van der Waals surface area contributed by atoms with Gasteiger partial charge in [0.15, 0.2) is 0 Å². The van der Waals surface area contributed by atoms with Crippen molar-refractivity contribution in [2.45, 2.75) is 39.3 Å². The highest BCUT2D eigenvalue weighted by atomic mass is 32.1. The van der Waals surface area contributed by atoms with E-state index >= 15 is 0 Å². The number of thiophene rings is 1. The molecule has 1 unspecified atom stereocenters. The van der Waals surface area contributed by atoms with E-state index in [1.807, 2.05) is 36.6 Å². The summed E-state index contributed by atoms with van der Waals surface area (Å²) in [5.41, 5.74) is 3.35. The molecule has 3 aromatic heterocycles. The summed E-state index contributed by atoms with van der Waals surface area (Å²) in [4.78, 5) is 34.0. The molecule has 212 valence electrons. The smallest absolute Gasteiger partial charge is 0.277 e. The molecular formula is C31H35FN7OS+. The van der Waals surface area contributed by atoms with E-state index in [4.69, 9.17) is 9.97 Å². The minimum atomic E-state index is -0.258. The van der Waals surface area contributed by atoms with Crippen LogP contribution in [0.2, 0.25) is 0 Å². The summed E-state index contributed by atoms with van der Waals surface area (Å²) in [6, 6.07) is 14.9. The highest BCUT2D eigenvalue weighted by Gasteiger charge is 2.29. The molecular weight excluding hydrogens is 537 g/mol. The van der Waals surface area contributed by atoms with E-state index < -0.39 is 0 Å². The maximum Gasteiger partial charge on any atom is 0.277 e. The topological polar surface area (TPSA) is 78.7 Å². The lowest BCUT2D eigenvalue weighted by molar-refractivity contribution is -0.364. The van der Waals surface area contributed by atoms with Gasteiger partial charge in [0.05, 0.1) is 30.9 Å². The van der Waals surface area contributed by atoms with E-state index in [1.165, 1.54) is 12.1 Å². The Morgan fingerprint density at radius 1 is 1.07 bits per heavy atom. The molecule has 10 heteroatoms. The molecule has 2 fully saturated rings. The van der Waals surface area contributed by atoms with Gasteiger partial charge in [0.2, 0.25) is 5.95 Å². The number of nitrogens with zero attached hydrogens (tertiary/aromatic N) is 5. The van der Waals surface area contributed by atoms with Crippen molar-refractivity contribution in [1.29, 1.82) is 0 Å². The molecule has 2 saturated heterocycles. The third-order valence-corrected chi connectivity index (χ3v) is 8.82. The molecule has 0 radical (unpaired) electrons. The molecule has 2 aliphatic heterocycles. The van der Waals surface area contributed by atoms with Gasteiger partial charge in [0.1, 0.15) is 30.9 Å². The zero-order chi connectivity index (χ0) is 28.3. The van der Waals surface area contributed by atoms with Crippen LogP contribution in [-0.4, -0.2) is 54.6 Å². The number of aryl methyl sites for hydroxylation is 1. The van der Waals surface area contributed by atoms with Crippen molar-refractivity contribution in [3.05, 3.63) is 81.9 Å². The normalized spacial score (nSPS) is 17.2. The predicted molar refractivity (Wildman–Crippen MR) is 161 cm³/mol. The predicted octanol–water partition coefficient (Wildman–Crippen LogP) is 4.71. The number of hydrogen-bond donors (Lipinski definition) is 1. The van der Waals surface area contributed by atoms with Gasteiger partial charge in [-0.2, -0.15) is 4.98 Å². The Morgan fingerprint density at radius 3 is 2.54 bits per heavy atom. The Labute approximate surface area is 243 Å². The number of pyridine rings is 1. The van der Waals surface area contributed by atoms with Crippen LogP contribution >= 0.6 is 11.3 Å². The maximum absolute atomic E-state index is 13.6. The van der Waals surface area contributed by atoms with Crippen molar-refractivity contribution in [2.24, 2.45) is 0 Å². The Kier molecular flexibility index (Phi) is 7.82. The first kappa shape index (κ1) is 27.1. The Morgan fingerprint density at radius 2 is 1.85 bits per heavy atom. The fourth-order valence-corrected chi connectivity index (χ4v) is 6.27. The highest BCUT2D eigenvalue weighted by Crippen LogP contribution is 2.30. The van der Waals surface area contributed by atoms with Crippen LogP contribution < -0.4 is 25.0 Å². The van der Waals surface area contributed by atoms with Crippen molar-refractivity contribution in [2.75, 3.05) is 47.4 Å². The second-order valence-electron chi connectivity index (χ2n) is 10.8. The molecule has 4 aromatic rings. The summed E-state index contributed by atoms with van der Waals surface area (Å²) in [5.74, 6) is 2.32. The van der Waals surface area contributed by atoms with Crippen LogP contribution in [-0.2, 0) is 6.54 Å². The molecule has 8 nitrogen and oxygen atoms in total. The number of halogens is 1. The molecule has 0 aliphatic carbocycles. The van der Waals surface area contributed by atoms with Gasteiger partial charge in [-0.25, -0.2) is 14.4 Å². The Hall–Kier alpha value is -4.05. The van der Waals surface area contributed by atoms with Gasteiger partial charge in [0, 0.05) is 34.7 Å². The summed E-state index contributed by atoms with van der Waals surface area (Å²) in [6.45, 7) is 8.95. The molecule has 41 heavy (non-hydrogen) atoms. The fourth-order valence-electron chi connectivity index (χ4n) is 5.63. The lowest BCUT2D eigenvalue weighted by Gasteiger charge is -2.33. The van der Waals surface area contributed by atoms with Crippen molar-refractivity contribution in [3.63, 3.8) is 0 Å². The number of anilines is 3. The number of piperazine rings is 1. The molecule has 1 amide bonds.